The second kappa shape index (κ2) is 9.23. The van der Waals surface area contributed by atoms with Gasteiger partial charge in [-0.05, 0) is 12.2 Å². The largest absolute Gasteiger partial charge is 0.442 e. The monoisotopic (exact) mass is 606 g/mol. The fourth-order valence-electron chi connectivity index (χ4n) is 4.59. The third-order valence-electron chi connectivity index (χ3n) is 6.65. The van der Waals surface area contributed by atoms with Crippen molar-refractivity contribution in [1.82, 2.24) is 34.9 Å². The lowest BCUT2D eigenvalue weighted by Gasteiger charge is -1.97. The van der Waals surface area contributed by atoms with Crippen LogP contribution in [0.3, 0.4) is 0 Å². The van der Waals surface area contributed by atoms with E-state index in [2.05, 4.69) is 48.0 Å². The molecule has 1 atom stereocenters. The average molecular weight is 607 g/mol. The minimum absolute atomic E-state index is 0.148. The van der Waals surface area contributed by atoms with Gasteiger partial charge in [0, 0.05) is 5.75 Å². The Morgan fingerprint density at radius 3 is 1.64 bits per heavy atom. The summed E-state index contributed by atoms with van der Waals surface area (Å²) >= 11 is 1.49. The second-order valence-electron chi connectivity index (χ2n) is 9.36. The molecular weight excluding hydrogens is 592 g/mol. The zero-order valence-corrected chi connectivity index (χ0v) is 22.9. The smallest absolute Gasteiger partial charge is 0.250 e. The molecule has 214 valence electrons. The Morgan fingerprint density at radius 1 is 0.568 bits per heavy atom. The average Bonchev–Trinajstić information content (AvgIpc) is 3.89. The van der Waals surface area contributed by atoms with Crippen LogP contribution >= 0.6 is 11.8 Å². The number of rotatable bonds is 2. The molecule has 16 heteroatoms. The number of hydrogen-bond acceptors (Lipinski definition) is 16. The molecule has 44 heavy (non-hydrogen) atoms. The highest BCUT2D eigenvalue weighted by Gasteiger charge is 2.31. The second-order valence-corrected chi connectivity index (χ2v) is 10.4. The first-order chi connectivity index (χ1) is 21.6. The van der Waals surface area contributed by atoms with Crippen LogP contribution in [0.4, 0.5) is 0 Å². The van der Waals surface area contributed by atoms with Crippen LogP contribution in [0.15, 0.2) is 80.4 Å². The molecule has 1 unspecified atom stereocenters. The van der Waals surface area contributed by atoms with Crippen molar-refractivity contribution >= 4 is 29.0 Å². The van der Waals surface area contributed by atoms with Crippen LogP contribution in [0.1, 0.15) is 29.1 Å². The van der Waals surface area contributed by atoms with Crippen molar-refractivity contribution in [3.8, 4) is 69.5 Å². The van der Waals surface area contributed by atoms with Crippen LogP contribution in [0, 0.1) is 0 Å². The van der Waals surface area contributed by atoms with E-state index in [1.165, 1.54) is 55.2 Å². The van der Waals surface area contributed by atoms with Gasteiger partial charge in [0.1, 0.15) is 48.1 Å². The molecule has 0 saturated carbocycles. The zero-order chi connectivity index (χ0) is 29.4. The summed E-state index contributed by atoms with van der Waals surface area (Å²) in [4.78, 5) is 36.5. The van der Waals surface area contributed by atoms with E-state index in [4.69, 9.17) is 35.9 Å². The van der Waals surface area contributed by atoms with Crippen molar-refractivity contribution in [1.29, 1.82) is 0 Å². The molecule has 7 aromatic rings. The van der Waals surface area contributed by atoms with Gasteiger partial charge in [0.25, 0.3) is 5.89 Å². The molecule has 9 heterocycles. The first-order valence-electron chi connectivity index (χ1n) is 12.9. The van der Waals surface area contributed by atoms with Crippen molar-refractivity contribution in [2.24, 2.45) is 4.99 Å². The van der Waals surface area contributed by atoms with E-state index in [1.807, 2.05) is 0 Å². The maximum Gasteiger partial charge on any atom is 0.250 e. The molecule has 0 spiro atoms. The third-order valence-corrected chi connectivity index (χ3v) is 7.72. The minimum atomic E-state index is -0.401. The fraction of sp³-hybridized carbons (Fsp3) is 0.0714. The van der Waals surface area contributed by atoms with Gasteiger partial charge in [-0.25, -0.2) is 34.9 Å². The lowest BCUT2D eigenvalue weighted by molar-refractivity contribution is 0.463. The highest BCUT2D eigenvalue weighted by Crippen LogP contribution is 2.38. The summed E-state index contributed by atoms with van der Waals surface area (Å²) in [5.74, 6) is 2.70. The summed E-state index contributed by atoms with van der Waals surface area (Å²) in [7, 11) is 0. The van der Waals surface area contributed by atoms with E-state index in [1.54, 1.807) is 0 Å². The molecule has 0 radical (unpaired) electrons. The molecule has 0 saturated heterocycles. The number of hydrogen-bond donors (Lipinski definition) is 0. The Hall–Kier alpha value is -6.03. The van der Waals surface area contributed by atoms with E-state index < -0.39 is 6.04 Å². The third kappa shape index (κ3) is 3.77. The molecule has 9 rings (SSSR count). The van der Waals surface area contributed by atoms with Gasteiger partial charge in [0.2, 0.25) is 35.3 Å². The Labute approximate surface area is 248 Å². The molecule has 15 nitrogen and oxygen atoms in total. The summed E-state index contributed by atoms with van der Waals surface area (Å²) in [6.07, 6.45) is 10.1. The van der Waals surface area contributed by atoms with Gasteiger partial charge in [0.05, 0.1) is 0 Å². The summed E-state index contributed by atoms with van der Waals surface area (Å²) in [6, 6.07) is -0.401. The van der Waals surface area contributed by atoms with Crippen LogP contribution in [0.5, 0.6) is 0 Å². The Bertz CT molecular complexity index is 2270. The number of aliphatic imine (C=N–C) groups is 1. The van der Waals surface area contributed by atoms with Crippen molar-refractivity contribution in [3.63, 3.8) is 0 Å². The Morgan fingerprint density at radius 2 is 1.05 bits per heavy atom. The van der Waals surface area contributed by atoms with E-state index in [9.17, 15) is 0 Å². The minimum Gasteiger partial charge on any atom is -0.442 e. The van der Waals surface area contributed by atoms with E-state index in [-0.39, 0.29) is 35.3 Å². The van der Waals surface area contributed by atoms with Gasteiger partial charge in [-0.2, -0.15) is 0 Å². The maximum atomic E-state index is 6.03. The van der Waals surface area contributed by atoms with E-state index >= 15 is 0 Å². The number of fused-ring (bicyclic) bond motifs is 23. The zero-order valence-electron chi connectivity index (χ0n) is 22.1. The summed E-state index contributed by atoms with van der Waals surface area (Å²) in [5, 5.41) is 0.656. The normalized spacial score (nSPS) is 15.2. The summed E-state index contributed by atoms with van der Waals surface area (Å²) in [6.45, 7) is 7.69. The highest BCUT2D eigenvalue weighted by molar-refractivity contribution is 8.14. The predicted octanol–water partition coefficient (Wildman–Crippen LogP) is 6.44. The summed E-state index contributed by atoms with van der Waals surface area (Å²) < 4.78 is 40.3. The van der Waals surface area contributed by atoms with Crippen LogP contribution in [-0.4, -0.2) is 45.7 Å². The lowest BCUT2D eigenvalue weighted by atomic mass is 10.3. The van der Waals surface area contributed by atoms with Gasteiger partial charge in [-0.1, -0.05) is 13.2 Å². The van der Waals surface area contributed by atoms with Gasteiger partial charge in [0.15, 0.2) is 45.7 Å². The predicted molar refractivity (Wildman–Crippen MR) is 151 cm³/mol. The van der Waals surface area contributed by atoms with Gasteiger partial charge >= 0.3 is 0 Å². The SMILES string of the molecule is C=Cc1oc2nc1-c1nc(co1)-c1nc(co1)-c1nc(co1)-c1nc(co1)-c1nc(co1)C1=NC(CS1)c1nc-2c(C=C)o1. The molecule has 2 aliphatic rings. The molecule has 2 aliphatic heterocycles. The molecule has 0 fully saturated rings. The van der Waals surface area contributed by atoms with Crippen molar-refractivity contribution in [2.75, 3.05) is 5.75 Å². The Kier molecular flexibility index (Phi) is 5.15. The fourth-order valence-corrected chi connectivity index (χ4v) is 5.56. The number of nitrogens with zero attached hydrogens (tertiary/aromatic N) is 8. The number of thioether (sulfide) groups is 1. The van der Waals surface area contributed by atoms with E-state index in [0.29, 0.717) is 68.1 Å². The van der Waals surface area contributed by atoms with Crippen LogP contribution < -0.4 is 0 Å². The topological polar surface area (TPSA) is 195 Å². The summed E-state index contributed by atoms with van der Waals surface area (Å²) in [5.41, 5.74) is 2.49. The molecule has 0 aliphatic carbocycles. The standard InChI is InChI=1S/C28H14N8O7S/c1-3-17-19-26-32-14(8-41-26)23-30-12(6-39-23)21-29-11(5-37-21)22-31-13(7-38-22)24-33-15(9-40-24)28-34-16(10-44-28)25-35-20(18(4-2)42-25)27(36-19)43-17/h3-9,16H,1-2,10H2. The molecule has 7 aromatic heterocycles. The molecule has 0 amide bonds. The molecule has 0 aromatic carbocycles. The van der Waals surface area contributed by atoms with Crippen molar-refractivity contribution in [2.45, 2.75) is 6.04 Å². The van der Waals surface area contributed by atoms with Crippen LogP contribution in [0.25, 0.3) is 81.7 Å². The van der Waals surface area contributed by atoms with Crippen molar-refractivity contribution < 1.29 is 30.9 Å². The highest BCUT2D eigenvalue weighted by atomic mass is 32.2. The van der Waals surface area contributed by atoms with Gasteiger partial charge in [-0.3, -0.25) is 4.99 Å². The van der Waals surface area contributed by atoms with E-state index in [0.717, 1.165) is 0 Å². The molecular formula is C28H14N8O7S. The van der Waals surface area contributed by atoms with Gasteiger partial charge < -0.3 is 30.9 Å². The molecule has 16 bridgehead atoms. The quantitative estimate of drug-likeness (QED) is 0.208. The van der Waals surface area contributed by atoms with Crippen molar-refractivity contribution in [3.05, 3.63) is 67.6 Å². The Balaban J connectivity index is 1.19. The molecule has 0 N–H and O–H groups in total. The maximum absolute atomic E-state index is 6.03. The van der Waals surface area contributed by atoms with Crippen LogP contribution in [-0.2, 0) is 0 Å². The first kappa shape index (κ1) is 24.6. The lowest BCUT2D eigenvalue weighted by Crippen LogP contribution is -1.95. The first-order valence-corrected chi connectivity index (χ1v) is 13.9. The van der Waals surface area contributed by atoms with Crippen LogP contribution in [0.2, 0.25) is 0 Å². The van der Waals surface area contributed by atoms with Gasteiger partial charge in [-0.15, -0.1) is 11.8 Å². The number of aromatic nitrogens is 7. The number of oxazole rings is 7.